The first kappa shape index (κ1) is 12.5. The molecular formula is C12H12N2O3S. The van der Waals surface area contributed by atoms with Crippen molar-refractivity contribution in [2.75, 3.05) is 13.7 Å². The summed E-state index contributed by atoms with van der Waals surface area (Å²) in [5, 5.41) is 0.435. The fourth-order valence-corrected chi connectivity index (χ4v) is 2.23. The van der Waals surface area contributed by atoms with Gasteiger partial charge in [-0.15, -0.1) is 0 Å². The van der Waals surface area contributed by atoms with Crippen molar-refractivity contribution >= 4 is 17.3 Å². The lowest BCUT2D eigenvalue weighted by molar-refractivity contribution is 0.0532. The first-order chi connectivity index (χ1) is 8.76. The fourth-order valence-electron chi connectivity index (χ4n) is 1.43. The van der Waals surface area contributed by atoms with Gasteiger partial charge in [0.2, 0.25) is 0 Å². The van der Waals surface area contributed by atoms with Crippen molar-refractivity contribution < 1.29 is 14.3 Å². The lowest BCUT2D eigenvalue weighted by Gasteiger charge is -2.01. The maximum atomic E-state index is 11.8. The van der Waals surface area contributed by atoms with Gasteiger partial charge in [0.1, 0.15) is 10.6 Å². The minimum atomic E-state index is -0.384. The van der Waals surface area contributed by atoms with Gasteiger partial charge in [0.15, 0.2) is 0 Å². The zero-order valence-corrected chi connectivity index (χ0v) is 10.9. The lowest BCUT2D eigenvalue weighted by Crippen LogP contribution is -2.03. The van der Waals surface area contributed by atoms with E-state index in [0.717, 1.165) is 5.56 Å². The quantitative estimate of drug-likeness (QED) is 0.793. The third-order valence-corrected chi connectivity index (χ3v) is 3.19. The molecule has 0 spiro atoms. The third-order valence-electron chi connectivity index (χ3n) is 2.20. The van der Waals surface area contributed by atoms with E-state index in [0.29, 0.717) is 22.4 Å². The number of hydrogen-bond donors (Lipinski definition) is 0. The molecule has 2 heterocycles. The Labute approximate surface area is 108 Å². The number of pyridine rings is 1. The second-order valence-electron chi connectivity index (χ2n) is 3.32. The highest BCUT2D eigenvalue weighted by Gasteiger charge is 2.20. The summed E-state index contributed by atoms with van der Waals surface area (Å²) < 4.78 is 10.1. The molecule has 0 aliphatic rings. The second-order valence-corrected chi connectivity index (χ2v) is 4.28. The Kier molecular flexibility index (Phi) is 3.88. The van der Waals surface area contributed by atoms with Crippen LogP contribution in [0.25, 0.3) is 11.3 Å². The maximum absolute atomic E-state index is 11.8. The van der Waals surface area contributed by atoms with Crippen LogP contribution in [0.1, 0.15) is 16.6 Å². The number of nitrogens with zero attached hydrogens (tertiary/aromatic N) is 2. The molecule has 0 aromatic carbocycles. The van der Waals surface area contributed by atoms with E-state index in [1.165, 1.54) is 18.4 Å². The van der Waals surface area contributed by atoms with Crippen LogP contribution in [-0.2, 0) is 4.74 Å². The minimum Gasteiger partial charge on any atom is -0.473 e. The molecule has 94 valence electrons. The van der Waals surface area contributed by atoms with Crippen molar-refractivity contribution in [2.24, 2.45) is 0 Å². The molecule has 0 saturated carbocycles. The molecule has 2 rings (SSSR count). The van der Waals surface area contributed by atoms with Crippen LogP contribution in [0.2, 0.25) is 0 Å². The van der Waals surface area contributed by atoms with Crippen LogP contribution in [0.5, 0.6) is 5.19 Å². The van der Waals surface area contributed by atoms with E-state index in [1.54, 1.807) is 31.5 Å². The summed E-state index contributed by atoms with van der Waals surface area (Å²) in [7, 11) is 1.52. The van der Waals surface area contributed by atoms with E-state index < -0.39 is 0 Å². The van der Waals surface area contributed by atoms with E-state index >= 15 is 0 Å². The molecule has 0 N–H and O–H groups in total. The number of esters is 1. The number of carbonyl (C=O) groups excluding carboxylic acids is 1. The predicted molar refractivity (Wildman–Crippen MR) is 67.9 cm³/mol. The van der Waals surface area contributed by atoms with E-state index in [-0.39, 0.29) is 5.97 Å². The van der Waals surface area contributed by atoms with Crippen molar-refractivity contribution in [1.82, 2.24) is 9.97 Å². The van der Waals surface area contributed by atoms with Gasteiger partial charge in [0.25, 0.3) is 5.19 Å². The summed E-state index contributed by atoms with van der Waals surface area (Å²) in [5.74, 6) is -0.384. The number of carbonyl (C=O) groups is 1. The summed E-state index contributed by atoms with van der Waals surface area (Å²) in [6, 6.07) is 3.58. The summed E-state index contributed by atoms with van der Waals surface area (Å²) in [6.45, 7) is 2.09. The average Bonchev–Trinajstić information content (AvgIpc) is 2.84. The maximum Gasteiger partial charge on any atom is 0.350 e. The molecular weight excluding hydrogens is 252 g/mol. The molecule has 0 aliphatic carbocycles. The van der Waals surface area contributed by atoms with Gasteiger partial charge in [0, 0.05) is 18.0 Å². The van der Waals surface area contributed by atoms with Gasteiger partial charge in [-0.05, 0) is 19.1 Å². The average molecular weight is 264 g/mol. The van der Waals surface area contributed by atoms with Crippen LogP contribution >= 0.6 is 11.3 Å². The van der Waals surface area contributed by atoms with Gasteiger partial charge in [-0.2, -0.15) is 0 Å². The van der Waals surface area contributed by atoms with Crippen LogP contribution < -0.4 is 4.74 Å². The van der Waals surface area contributed by atoms with Crippen LogP contribution in [0, 0.1) is 0 Å². The van der Waals surface area contributed by atoms with E-state index in [2.05, 4.69) is 9.97 Å². The topological polar surface area (TPSA) is 61.3 Å². The Balaban J connectivity index is 2.45. The minimum absolute atomic E-state index is 0.328. The monoisotopic (exact) mass is 264 g/mol. The molecule has 2 aromatic rings. The summed E-state index contributed by atoms with van der Waals surface area (Å²) in [4.78, 5) is 20.5. The highest BCUT2D eigenvalue weighted by molar-refractivity contribution is 7.15. The highest BCUT2D eigenvalue weighted by atomic mass is 32.1. The Morgan fingerprint density at radius 3 is 2.72 bits per heavy atom. The molecule has 0 fully saturated rings. The molecule has 18 heavy (non-hydrogen) atoms. The number of methoxy groups -OCH3 is 1. The van der Waals surface area contributed by atoms with Crippen LogP contribution in [-0.4, -0.2) is 29.7 Å². The molecule has 0 aliphatic heterocycles. The molecule has 0 unspecified atom stereocenters. The van der Waals surface area contributed by atoms with Crippen molar-refractivity contribution in [3.05, 3.63) is 29.4 Å². The molecule has 2 aromatic heterocycles. The molecule has 5 nitrogen and oxygen atoms in total. The number of aromatic nitrogens is 2. The van der Waals surface area contributed by atoms with Gasteiger partial charge >= 0.3 is 5.97 Å². The molecule has 0 radical (unpaired) electrons. The smallest absolute Gasteiger partial charge is 0.350 e. The number of hydrogen-bond acceptors (Lipinski definition) is 6. The molecule has 0 amide bonds. The number of rotatable bonds is 4. The molecule has 6 heteroatoms. The van der Waals surface area contributed by atoms with Crippen LogP contribution in [0.4, 0.5) is 0 Å². The number of thiazole rings is 1. The standard InChI is InChI=1S/C12H12N2O3S/c1-3-17-11(15)10-9(14-12(16-2)18-10)8-4-6-13-7-5-8/h4-7H,3H2,1-2H3. The Hall–Kier alpha value is -1.95. The van der Waals surface area contributed by atoms with Crippen LogP contribution in [0.3, 0.4) is 0 Å². The summed E-state index contributed by atoms with van der Waals surface area (Å²) in [5.41, 5.74) is 1.38. The molecule has 0 bridgehead atoms. The highest BCUT2D eigenvalue weighted by Crippen LogP contribution is 2.32. The Morgan fingerprint density at radius 1 is 1.39 bits per heavy atom. The Morgan fingerprint density at radius 2 is 2.11 bits per heavy atom. The largest absolute Gasteiger partial charge is 0.473 e. The van der Waals surface area contributed by atoms with Gasteiger partial charge in [-0.3, -0.25) is 4.98 Å². The van der Waals surface area contributed by atoms with Crippen molar-refractivity contribution in [3.8, 4) is 16.5 Å². The molecule has 0 saturated heterocycles. The lowest BCUT2D eigenvalue weighted by atomic mass is 10.2. The first-order valence-electron chi connectivity index (χ1n) is 5.38. The first-order valence-corrected chi connectivity index (χ1v) is 6.20. The molecule has 0 atom stereocenters. The second kappa shape index (κ2) is 5.59. The predicted octanol–water partition coefficient (Wildman–Crippen LogP) is 2.39. The van der Waals surface area contributed by atoms with Crippen molar-refractivity contribution in [2.45, 2.75) is 6.92 Å². The Bertz CT molecular complexity index is 540. The van der Waals surface area contributed by atoms with Crippen LogP contribution in [0.15, 0.2) is 24.5 Å². The fraction of sp³-hybridized carbons (Fsp3) is 0.250. The van der Waals surface area contributed by atoms with Gasteiger partial charge in [0.05, 0.1) is 13.7 Å². The van der Waals surface area contributed by atoms with Crippen molar-refractivity contribution in [1.29, 1.82) is 0 Å². The summed E-state index contributed by atoms with van der Waals surface area (Å²) in [6.07, 6.45) is 3.30. The zero-order valence-electron chi connectivity index (χ0n) is 10.0. The summed E-state index contributed by atoms with van der Waals surface area (Å²) >= 11 is 1.17. The van der Waals surface area contributed by atoms with Gasteiger partial charge in [-0.25, -0.2) is 9.78 Å². The third kappa shape index (κ3) is 2.48. The zero-order chi connectivity index (χ0) is 13.0. The SMILES string of the molecule is CCOC(=O)c1sc(OC)nc1-c1ccncc1. The van der Waals surface area contributed by atoms with Gasteiger partial charge in [-0.1, -0.05) is 11.3 Å². The normalized spacial score (nSPS) is 10.1. The van der Waals surface area contributed by atoms with Crippen molar-refractivity contribution in [3.63, 3.8) is 0 Å². The van der Waals surface area contributed by atoms with Gasteiger partial charge < -0.3 is 9.47 Å². The number of ether oxygens (including phenoxy) is 2. The van der Waals surface area contributed by atoms with E-state index in [9.17, 15) is 4.79 Å². The van der Waals surface area contributed by atoms with E-state index in [1.807, 2.05) is 0 Å². The van der Waals surface area contributed by atoms with E-state index in [4.69, 9.17) is 9.47 Å².